The summed E-state index contributed by atoms with van der Waals surface area (Å²) in [5.74, 6) is -1.39. The van der Waals surface area contributed by atoms with Gasteiger partial charge in [-0.2, -0.15) is 0 Å². The van der Waals surface area contributed by atoms with E-state index in [1.54, 1.807) is 49.5 Å². The standard InChI is InChI=1S/C38H58N6O7/c1-10-25(4)34(43(6)37(47)33(24(2)3)42-31-23-39-18-19-40-31)30(49-7)22-32(45)44-20-14-17-29(44)35(50-8)26(5)36(46)41-28(38(48)51-9)21-27-15-12-11-13-16-27/h11-13,15-16,18-19,23-26,28-30,33-35H,10,14,17,20-22H2,1-9H3,(H,40,42)(H,41,46)/t25-,26+,28-,29-,30+,33-,34-,35+/m0/s1. The Labute approximate surface area is 303 Å². The van der Waals surface area contributed by atoms with Crippen LogP contribution >= 0.6 is 0 Å². The first-order chi connectivity index (χ1) is 24.4. The van der Waals surface area contributed by atoms with Gasteiger partial charge < -0.3 is 34.6 Å². The summed E-state index contributed by atoms with van der Waals surface area (Å²) in [7, 11) is 6.17. The van der Waals surface area contributed by atoms with Crippen LogP contribution in [0.1, 0.15) is 65.9 Å². The maximum absolute atomic E-state index is 14.1. The van der Waals surface area contributed by atoms with Gasteiger partial charge in [0.1, 0.15) is 17.9 Å². The molecule has 13 nitrogen and oxygen atoms in total. The van der Waals surface area contributed by atoms with E-state index >= 15 is 0 Å². The van der Waals surface area contributed by atoms with E-state index in [1.165, 1.54) is 14.2 Å². The van der Waals surface area contributed by atoms with Crippen molar-refractivity contribution in [1.82, 2.24) is 25.1 Å². The number of amides is 3. The maximum atomic E-state index is 14.1. The molecule has 0 saturated carbocycles. The van der Waals surface area contributed by atoms with Gasteiger partial charge in [0.2, 0.25) is 17.7 Å². The molecule has 1 saturated heterocycles. The summed E-state index contributed by atoms with van der Waals surface area (Å²) in [6.45, 7) is 10.3. The Bertz CT molecular complexity index is 1400. The molecule has 282 valence electrons. The van der Waals surface area contributed by atoms with Gasteiger partial charge in [0.15, 0.2) is 0 Å². The van der Waals surface area contributed by atoms with Crippen LogP contribution in [0.15, 0.2) is 48.9 Å². The van der Waals surface area contributed by atoms with Crippen molar-refractivity contribution >= 4 is 29.5 Å². The van der Waals surface area contributed by atoms with E-state index < -0.39 is 42.2 Å². The van der Waals surface area contributed by atoms with E-state index in [9.17, 15) is 19.2 Å². The quantitative estimate of drug-likeness (QED) is 0.206. The molecule has 8 atom stereocenters. The van der Waals surface area contributed by atoms with Gasteiger partial charge in [0, 0.05) is 46.6 Å². The summed E-state index contributed by atoms with van der Waals surface area (Å²) in [6, 6.07) is 7.19. The molecule has 0 spiro atoms. The smallest absolute Gasteiger partial charge is 0.328 e. The number of hydrogen-bond donors (Lipinski definition) is 2. The SMILES string of the molecule is CC[C@H](C)[C@@H]([C@@H](CC(=O)N1CCC[C@H]1[C@H](OC)[C@@H](C)C(=O)N[C@@H](Cc1ccccc1)C(=O)OC)OC)N(C)C(=O)[C@@H](Nc1cnccn1)C(C)C. The summed E-state index contributed by atoms with van der Waals surface area (Å²) in [5, 5.41) is 6.10. The number of hydrogen-bond acceptors (Lipinski definition) is 10. The molecule has 0 radical (unpaired) electrons. The summed E-state index contributed by atoms with van der Waals surface area (Å²) in [5.41, 5.74) is 0.883. The van der Waals surface area contributed by atoms with Crippen molar-refractivity contribution in [2.75, 3.05) is 40.2 Å². The fourth-order valence-corrected chi connectivity index (χ4v) is 7.06. The Morgan fingerprint density at radius 1 is 1.02 bits per heavy atom. The number of rotatable bonds is 19. The number of methoxy groups -OCH3 is 3. The first kappa shape index (κ1) is 41.3. The van der Waals surface area contributed by atoms with Crippen LogP contribution < -0.4 is 10.6 Å². The second kappa shape index (κ2) is 20.1. The summed E-state index contributed by atoms with van der Waals surface area (Å²) in [6.07, 6.45) is 6.00. The third kappa shape index (κ3) is 10.9. The number of likely N-dealkylation sites (tertiary alicyclic amines) is 1. The Kier molecular flexibility index (Phi) is 16.3. The zero-order valence-electron chi connectivity index (χ0n) is 31.7. The van der Waals surface area contributed by atoms with Gasteiger partial charge in [-0.25, -0.2) is 9.78 Å². The maximum Gasteiger partial charge on any atom is 0.328 e. The molecule has 13 heteroatoms. The van der Waals surface area contributed by atoms with Crippen molar-refractivity contribution in [2.45, 2.75) is 103 Å². The first-order valence-corrected chi connectivity index (χ1v) is 17.9. The number of carbonyl (C=O) groups is 4. The lowest BCUT2D eigenvalue weighted by atomic mass is 9.89. The van der Waals surface area contributed by atoms with Crippen molar-refractivity contribution in [2.24, 2.45) is 17.8 Å². The van der Waals surface area contributed by atoms with E-state index in [4.69, 9.17) is 14.2 Å². The van der Waals surface area contributed by atoms with Crippen LogP contribution in [-0.4, -0.2) is 115 Å². The van der Waals surface area contributed by atoms with Crippen LogP contribution in [0.5, 0.6) is 0 Å². The molecule has 0 unspecified atom stereocenters. The Morgan fingerprint density at radius 2 is 1.73 bits per heavy atom. The number of benzene rings is 1. The van der Waals surface area contributed by atoms with Crippen molar-refractivity contribution in [3.05, 3.63) is 54.5 Å². The molecule has 0 aliphatic carbocycles. The number of esters is 1. The second-order valence-electron chi connectivity index (χ2n) is 13.8. The second-order valence-corrected chi connectivity index (χ2v) is 13.8. The Hall–Kier alpha value is -4.10. The average molecular weight is 711 g/mol. The molecule has 1 aromatic carbocycles. The van der Waals surface area contributed by atoms with E-state index in [2.05, 4.69) is 34.4 Å². The molecular weight excluding hydrogens is 652 g/mol. The van der Waals surface area contributed by atoms with Gasteiger partial charge in [-0.15, -0.1) is 0 Å². The molecule has 1 aliphatic heterocycles. The number of carbonyl (C=O) groups excluding carboxylic acids is 4. The predicted molar refractivity (Wildman–Crippen MR) is 194 cm³/mol. The van der Waals surface area contributed by atoms with Gasteiger partial charge in [-0.1, -0.05) is 71.4 Å². The number of anilines is 1. The number of ether oxygens (including phenoxy) is 3. The van der Waals surface area contributed by atoms with E-state index in [0.717, 1.165) is 18.4 Å². The van der Waals surface area contributed by atoms with Crippen molar-refractivity contribution in [3.63, 3.8) is 0 Å². The van der Waals surface area contributed by atoms with Gasteiger partial charge in [-0.3, -0.25) is 19.4 Å². The Balaban J connectivity index is 1.77. The van der Waals surface area contributed by atoms with E-state index in [-0.39, 0.29) is 48.4 Å². The molecule has 0 bridgehead atoms. The molecule has 3 amide bonds. The molecule has 51 heavy (non-hydrogen) atoms. The molecule has 3 rings (SSSR count). The van der Waals surface area contributed by atoms with Crippen LogP contribution in [-0.2, 0) is 39.8 Å². The highest BCUT2D eigenvalue weighted by molar-refractivity contribution is 5.87. The van der Waals surface area contributed by atoms with Crippen LogP contribution in [0.3, 0.4) is 0 Å². The van der Waals surface area contributed by atoms with Crippen molar-refractivity contribution in [3.8, 4) is 0 Å². The molecular formula is C38H58N6O7. The molecule has 2 aromatic rings. The lowest BCUT2D eigenvalue weighted by Gasteiger charge is -2.41. The summed E-state index contributed by atoms with van der Waals surface area (Å²) in [4.78, 5) is 66.3. The van der Waals surface area contributed by atoms with Crippen LogP contribution in [0.4, 0.5) is 5.82 Å². The number of aromatic nitrogens is 2. The predicted octanol–water partition coefficient (Wildman–Crippen LogP) is 3.73. The van der Waals surface area contributed by atoms with Crippen LogP contribution in [0, 0.1) is 17.8 Å². The highest BCUT2D eigenvalue weighted by Crippen LogP contribution is 2.30. The highest BCUT2D eigenvalue weighted by atomic mass is 16.5. The molecule has 2 N–H and O–H groups in total. The average Bonchev–Trinajstić information content (AvgIpc) is 3.63. The molecule has 1 aromatic heterocycles. The lowest BCUT2D eigenvalue weighted by Crippen LogP contribution is -2.56. The van der Waals surface area contributed by atoms with Gasteiger partial charge >= 0.3 is 5.97 Å². The minimum absolute atomic E-state index is 0.0180. The topological polar surface area (TPSA) is 152 Å². The number of nitrogens with one attached hydrogen (secondary N) is 2. The third-order valence-electron chi connectivity index (χ3n) is 10.1. The monoisotopic (exact) mass is 710 g/mol. The fourth-order valence-electron chi connectivity index (χ4n) is 7.06. The molecule has 1 aliphatic rings. The Morgan fingerprint density at radius 3 is 2.29 bits per heavy atom. The van der Waals surface area contributed by atoms with E-state index in [1.807, 2.05) is 44.2 Å². The van der Waals surface area contributed by atoms with Crippen molar-refractivity contribution in [1.29, 1.82) is 0 Å². The van der Waals surface area contributed by atoms with Gasteiger partial charge in [0.05, 0.1) is 49.9 Å². The molecule has 1 fully saturated rings. The van der Waals surface area contributed by atoms with Gasteiger partial charge in [-0.05, 0) is 30.2 Å². The number of likely N-dealkylation sites (N-methyl/N-ethyl adjacent to an activating group) is 1. The minimum atomic E-state index is -0.878. The lowest BCUT2D eigenvalue weighted by molar-refractivity contribution is -0.148. The normalized spacial score (nSPS) is 18.5. The van der Waals surface area contributed by atoms with Crippen molar-refractivity contribution < 1.29 is 33.4 Å². The summed E-state index contributed by atoms with van der Waals surface area (Å²) >= 11 is 0. The summed E-state index contributed by atoms with van der Waals surface area (Å²) < 4.78 is 16.9. The largest absolute Gasteiger partial charge is 0.467 e. The van der Waals surface area contributed by atoms with Crippen LogP contribution in [0.2, 0.25) is 0 Å². The third-order valence-corrected chi connectivity index (χ3v) is 10.1. The fraction of sp³-hybridized carbons (Fsp3) is 0.632. The highest BCUT2D eigenvalue weighted by Gasteiger charge is 2.43. The minimum Gasteiger partial charge on any atom is -0.467 e. The zero-order valence-corrected chi connectivity index (χ0v) is 31.7. The van der Waals surface area contributed by atoms with Gasteiger partial charge in [0.25, 0.3) is 0 Å². The number of nitrogens with zero attached hydrogens (tertiary/aromatic N) is 4. The molecule has 2 heterocycles. The first-order valence-electron chi connectivity index (χ1n) is 17.9. The zero-order chi connectivity index (χ0) is 37.7. The van der Waals surface area contributed by atoms with Crippen LogP contribution in [0.25, 0.3) is 0 Å². The van der Waals surface area contributed by atoms with E-state index in [0.29, 0.717) is 18.8 Å².